The van der Waals surface area contributed by atoms with Gasteiger partial charge in [-0.15, -0.1) is 0 Å². The van der Waals surface area contributed by atoms with Gasteiger partial charge < -0.3 is 10.4 Å². The highest BCUT2D eigenvalue weighted by Crippen LogP contribution is 2.35. The minimum absolute atomic E-state index is 0.0704. The van der Waals surface area contributed by atoms with Crippen molar-refractivity contribution in [2.24, 2.45) is 0 Å². The Bertz CT molecular complexity index is 644. The molecule has 1 atom stereocenters. The van der Waals surface area contributed by atoms with E-state index < -0.39 is 24.1 Å². The Labute approximate surface area is 131 Å². The molecule has 0 aliphatic rings. The number of para-hydroxylation sites is 1. The molecular formula is C17H16F3NO2. The van der Waals surface area contributed by atoms with Gasteiger partial charge in [0.25, 0.3) is 5.91 Å². The molecule has 2 aromatic rings. The molecule has 0 aliphatic carbocycles. The van der Waals surface area contributed by atoms with Crippen LogP contribution in [-0.4, -0.2) is 22.8 Å². The molecule has 0 fully saturated rings. The maximum Gasteiger partial charge on any atom is 0.426 e. The summed E-state index contributed by atoms with van der Waals surface area (Å²) in [4.78, 5) is 12.0. The van der Waals surface area contributed by atoms with Crippen LogP contribution in [0.1, 0.15) is 12.0 Å². The van der Waals surface area contributed by atoms with Crippen LogP contribution in [0.25, 0.3) is 0 Å². The Morgan fingerprint density at radius 3 is 2.00 bits per heavy atom. The fraction of sp³-hybridized carbons (Fsp3) is 0.235. The molecular weight excluding hydrogens is 307 g/mol. The van der Waals surface area contributed by atoms with Gasteiger partial charge in [0.15, 0.2) is 0 Å². The Morgan fingerprint density at radius 2 is 1.48 bits per heavy atom. The van der Waals surface area contributed by atoms with E-state index in [1.165, 1.54) is 12.1 Å². The van der Waals surface area contributed by atoms with Crippen LogP contribution in [-0.2, 0) is 11.2 Å². The Kier molecular flexibility index (Phi) is 5.05. The summed E-state index contributed by atoms with van der Waals surface area (Å²) in [5, 5.41) is 12.1. The van der Waals surface area contributed by atoms with E-state index in [0.29, 0.717) is 5.56 Å². The number of aryl methyl sites for hydroxylation is 1. The molecule has 0 heterocycles. The van der Waals surface area contributed by atoms with Gasteiger partial charge in [0.05, 0.1) is 0 Å². The first-order valence-corrected chi connectivity index (χ1v) is 7.02. The third-order valence-corrected chi connectivity index (χ3v) is 3.49. The Hall–Kier alpha value is -2.34. The molecule has 3 nitrogen and oxygen atoms in total. The average Bonchev–Trinajstić information content (AvgIpc) is 2.53. The van der Waals surface area contributed by atoms with Crippen molar-refractivity contribution < 1.29 is 23.1 Å². The number of carbonyl (C=O) groups is 1. The topological polar surface area (TPSA) is 49.3 Å². The van der Waals surface area contributed by atoms with Crippen LogP contribution in [0.2, 0.25) is 0 Å². The normalized spacial score (nSPS) is 14.1. The van der Waals surface area contributed by atoms with Gasteiger partial charge in [0.2, 0.25) is 5.60 Å². The summed E-state index contributed by atoms with van der Waals surface area (Å²) >= 11 is 0. The predicted octanol–water partition coefficient (Wildman–Crippen LogP) is 3.55. The van der Waals surface area contributed by atoms with E-state index in [1.807, 2.05) is 0 Å². The molecule has 0 radical (unpaired) electrons. The Morgan fingerprint density at radius 1 is 0.957 bits per heavy atom. The van der Waals surface area contributed by atoms with Gasteiger partial charge in [-0.1, -0.05) is 48.5 Å². The summed E-state index contributed by atoms with van der Waals surface area (Å²) in [6.45, 7) is 0. The van der Waals surface area contributed by atoms with Crippen molar-refractivity contribution in [3.05, 3.63) is 66.2 Å². The molecule has 0 aliphatic heterocycles. The van der Waals surface area contributed by atoms with E-state index in [-0.39, 0.29) is 12.1 Å². The van der Waals surface area contributed by atoms with E-state index in [9.17, 15) is 23.1 Å². The summed E-state index contributed by atoms with van der Waals surface area (Å²) < 4.78 is 39.7. The van der Waals surface area contributed by atoms with Gasteiger partial charge in [-0.3, -0.25) is 4.79 Å². The lowest BCUT2D eigenvalue weighted by Crippen LogP contribution is -2.55. The number of anilines is 1. The van der Waals surface area contributed by atoms with Gasteiger partial charge in [-0.2, -0.15) is 13.2 Å². The molecule has 122 valence electrons. The van der Waals surface area contributed by atoms with Gasteiger partial charge in [0, 0.05) is 5.69 Å². The highest BCUT2D eigenvalue weighted by atomic mass is 19.4. The van der Waals surface area contributed by atoms with Crippen LogP contribution in [0, 0.1) is 0 Å². The van der Waals surface area contributed by atoms with Crippen LogP contribution >= 0.6 is 0 Å². The first-order chi connectivity index (χ1) is 10.8. The quantitative estimate of drug-likeness (QED) is 0.884. The van der Waals surface area contributed by atoms with Gasteiger partial charge in [-0.25, -0.2) is 0 Å². The molecule has 23 heavy (non-hydrogen) atoms. The smallest absolute Gasteiger partial charge is 0.373 e. The zero-order valence-corrected chi connectivity index (χ0v) is 12.2. The van der Waals surface area contributed by atoms with Gasteiger partial charge in [0.1, 0.15) is 0 Å². The molecule has 1 unspecified atom stereocenters. The summed E-state index contributed by atoms with van der Waals surface area (Å²) in [7, 11) is 0. The average molecular weight is 323 g/mol. The number of alkyl halides is 3. The van der Waals surface area contributed by atoms with Crippen LogP contribution < -0.4 is 5.32 Å². The minimum Gasteiger partial charge on any atom is -0.373 e. The summed E-state index contributed by atoms with van der Waals surface area (Å²) in [5.41, 5.74) is -2.64. The van der Waals surface area contributed by atoms with Crippen LogP contribution in [0.5, 0.6) is 0 Å². The molecule has 6 heteroatoms. The lowest BCUT2D eigenvalue weighted by atomic mass is 9.93. The molecule has 1 amide bonds. The number of aliphatic hydroxyl groups is 1. The SMILES string of the molecule is O=C(Nc1ccccc1)C(O)(CCc1ccccc1)C(F)(F)F. The van der Waals surface area contributed by atoms with E-state index in [4.69, 9.17) is 0 Å². The highest BCUT2D eigenvalue weighted by Gasteiger charge is 2.58. The first-order valence-electron chi connectivity index (χ1n) is 7.02. The van der Waals surface area contributed by atoms with Crippen molar-refractivity contribution in [3.63, 3.8) is 0 Å². The molecule has 2 N–H and O–H groups in total. The fourth-order valence-corrected chi connectivity index (χ4v) is 2.11. The van der Waals surface area contributed by atoms with E-state index in [0.717, 1.165) is 0 Å². The van der Waals surface area contributed by atoms with E-state index in [1.54, 1.807) is 48.5 Å². The van der Waals surface area contributed by atoms with Crippen LogP contribution in [0.4, 0.5) is 18.9 Å². The predicted molar refractivity (Wildman–Crippen MR) is 80.8 cm³/mol. The number of rotatable bonds is 5. The largest absolute Gasteiger partial charge is 0.426 e. The molecule has 0 saturated heterocycles. The molecule has 2 aromatic carbocycles. The van der Waals surface area contributed by atoms with Gasteiger partial charge >= 0.3 is 6.18 Å². The monoisotopic (exact) mass is 323 g/mol. The zero-order valence-electron chi connectivity index (χ0n) is 12.2. The molecule has 0 bridgehead atoms. The molecule has 0 saturated carbocycles. The van der Waals surface area contributed by atoms with Crippen LogP contribution in [0.3, 0.4) is 0 Å². The number of hydrogen-bond acceptors (Lipinski definition) is 2. The molecule has 0 spiro atoms. The zero-order chi connectivity index (χ0) is 16.9. The number of carbonyl (C=O) groups excluding carboxylic acids is 1. The van der Waals surface area contributed by atoms with E-state index >= 15 is 0 Å². The summed E-state index contributed by atoms with van der Waals surface area (Å²) in [6.07, 6.45) is -5.89. The standard InChI is InChI=1S/C17H16F3NO2/c18-17(19,20)16(23,12-11-13-7-3-1-4-8-13)15(22)21-14-9-5-2-6-10-14/h1-10,23H,11-12H2,(H,21,22). The van der Waals surface area contributed by atoms with Gasteiger partial charge in [-0.05, 0) is 30.5 Å². The summed E-state index contributed by atoms with van der Waals surface area (Å²) in [5.74, 6) is -1.48. The second-order valence-corrected chi connectivity index (χ2v) is 5.16. The summed E-state index contributed by atoms with van der Waals surface area (Å²) in [6, 6.07) is 16.1. The number of hydrogen-bond donors (Lipinski definition) is 2. The number of halogens is 3. The highest BCUT2D eigenvalue weighted by molar-refractivity contribution is 5.97. The second kappa shape index (κ2) is 6.83. The Balaban J connectivity index is 2.16. The number of amides is 1. The first kappa shape index (κ1) is 17.0. The van der Waals surface area contributed by atoms with Crippen molar-refractivity contribution in [1.29, 1.82) is 0 Å². The van der Waals surface area contributed by atoms with Crippen molar-refractivity contribution in [3.8, 4) is 0 Å². The second-order valence-electron chi connectivity index (χ2n) is 5.16. The van der Waals surface area contributed by atoms with Crippen molar-refractivity contribution >= 4 is 11.6 Å². The lowest BCUT2D eigenvalue weighted by molar-refractivity contribution is -0.250. The van der Waals surface area contributed by atoms with Crippen molar-refractivity contribution in [2.75, 3.05) is 5.32 Å². The number of nitrogens with one attached hydrogen (secondary N) is 1. The molecule has 2 rings (SSSR count). The third kappa shape index (κ3) is 4.10. The maximum absolute atomic E-state index is 13.2. The third-order valence-electron chi connectivity index (χ3n) is 3.49. The fourth-order valence-electron chi connectivity index (χ4n) is 2.11. The van der Waals surface area contributed by atoms with E-state index in [2.05, 4.69) is 5.32 Å². The number of benzene rings is 2. The molecule has 0 aromatic heterocycles. The van der Waals surface area contributed by atoms with Crippen molar-refractivity contribution in [1.82, 2.24) is 0 Å². The van der Waals surface area contributed by atoms with Crippen molar-refractivity contribution in [2.45, 2.75) is 24.6 Å². The lowest BCUT2D eigenvalue weighted by Gasteiger charge is -2.29. The maximum atomic E-state index is 13.2. The minimum atomic E-state index is -5.07. The van der Waals surface area contributed by atoms with Crippen LogP contribution in [0.15, 0.2) is 60.7 Å².